The lowest BCUT2D eigenvalue weighted by Gasteiger charge is -2.09. The molecular weight excluding hydrogens is 253 g/mol. The van der Waals surface area contributed by atoms with Crippen LogP contribution in [0.3, 0.4) is 0 Å². The molecule has 0 saturated heterocycles. The van der Waals surface area contributed by atoms with Crippen LogP contribution in [0, 0.1) is 12.7 Å². The number of hydrogen-bond donors (Lipinski definition) is 1. The van der Waals surface area contributed by atoms with Crippen molar-refractivity contribution in [3.63, 3.8) is 0 Å². The van der Waals surface area contributed by atoms with Crippen molar-refractivity contribution < 1.29 is 13.5 Å². The number of ether oxygens (including phenoxy) is 1. The lowest BCUT2D eigenvalue weighted by atomic mass is 10.3. The standard InChI is InChI=1S/C13H14FNO2S/c1-3-16-11-7-13(10(15)6-9(11)14)18-12-4-5-17-8(12)2/h4-7H,3,15H2,1-2H3. The molecule has 3 nitrogen and oxygen atoms in total. The molecule has 0 bridgehead atoms. The minimum Gasteiger partial charge on any atom is -0.491 e. The lowest BCUT2D eigenvalue weighted by molar-refractivity contribution is 0.321. The van der Waals surface area contributed by atoms with Gasteiger partial charge in [0.05, 0.1) is 17.8 Å². The first kappa shape index (κ1) is 12.8. The molecule has 0 unspecified atom stereocenters. The van der Waals surface area contributed by atoms with Crippen LogP contribution in [-0.2, 0) is 0 Å². The van der Waals surface area contributed by atoms with Gasteiger partial charge in [0.15, 0.2) is 11.6 Å². The van der Waals surface area contributed by atoms with Gasteiger partial charge in [0.2, 0.25) is 0 Å². The summed E-state index contributed by atoms with van der Waals surface area (Å²) in [6.07, 6.45) is 1.61. The van der Waals surface area contributed by atoms with E-state index in [1.165, 1.54) is 17.8 Å². The Bertz CT molecular complexity index is 554. The highest BCUT2D eigenvalue weighted by Gasteiger charge is 2.12. The van der Waals surface area contributed by atoms with Crippen LogP contribution in [0.15, 0.2) is 38.7 Å². The molecule has 0 aliphatic rings. The van der Waals surface area contributed by atoms with Crippen molar-refractivity contribution in [3.8, 4) is 5.75 Å². The molecule has 0 saturated carbocycles. The van der Waals surface area contributed by atoms with Gasteiger partial charge >= 0.3 is 0 Å². The monoisotopic (exact) mass is 267 g/mol. The van der Waals surface area contributed by atoms with E-state index in [1.54, 1.807) is 12.3 Å². The SMILES string of the molecule is CCOc1cc(Sc2ccoc2C)c(N)cc1F. The number of rotatable bonds is 4. The summed E-state index contributed by atoms with van der Waals surface area (Å²) in [5.74, 6) is 0.583. The number of furan rings is 1. The van der Waals surface area contributed by atoms with Gasteiger partial charge in [-0.2, -0.15) is 0 Å². The van der Waals surface area contributed by atoms with Crippen molar-refractivity contribution in [2.75, 3.05) is 12.3 Å². The van der Waals surface area contributed by atoms with Crippen LogP contribution in [0.2, 0.25) is 0 Å². The number of nitrogens with two attached hydrogens (primary N) is 1. The van der Waals surface area contributed by atoms with Crippen LogP contribution in [0.5, 0.6) is 5.75 Å². The molecule has 1 aromatic heterocycles. The van der Waals surface area contributed by atoms with Gasteiger partial charge in [-0.05, 0) is 26.0 Å². The molecule has 0 atom stereocenters. The average Bonchev–Trinajstić information content (AvgIpc) is 2.71. The summed E-state index contributed by atoms with van der Waals surface area (Å²) in [5.41, 5.74) is 6.20. The van der Waals surface area contributed by atoms with Crippen LogP contribution in [0.1, 0.15) is 12.7 Å². The Morgan fingerprint density at radius 2 is 2.17 bits per heavy atom. The quantitative estimate of drug-likeness (QED) is 0.854. The second-order valence-electron chi connectivity index (χ2n) is 3.70. The Balaban J connectivity index is 2.32. The van der Waals surface area contributed by atoms with Gasteiger partial charge in [-0.15, -0.1) is 0 Å². The molecule has 0 aliphatic heterocycles. The highest BCUT2D eigenvalue weighted by atomic mass is 32.2. The molecule has 1 heterocycles. The molecular formula is C13H14FNO2S. The summed E-state index contributed by atoms with van der Waals surface area (Å²) in [6.45, 7) is 4.09. The highest BCUT2D eigenvalue weighted by molar-refractivity contribution is 7.99. The zero-order valence-corrected chi connectivity index (χ0v) is 11.0. The summed E-state index contributed by atoms with van der Waals surface area (Å²) >= 11 is 1.43. The Labute approximate surface area is 109 Å². The first-order valence-electron chi connectivity index (χ1n) is 5.55. The summed E-state index contributed by atoms with van der Waals surface area (Å²) in [7, 11) is 0. The Morgan fingerprint density at radius 3 is 2.78 bits per heavy atom. The molecule has 18 heavy (non-hydrogen) atoms. The fourth-order valence-corrected chi connectivity index (χ4v) is 2.40. The first-order chi connectivity index (χ1) is 8.61. The third-order valence-electron chi connectivity index (χ3n) is 2.40. The minimum atomic E-state index is -0.442. The first-order valence-corrected chi connectivity index (χ1v) is 6.37. The molecule has 0 aliphatic carbocycles. The second kappa shape index (κ2) is 5.35. The number of halogens is 1. The van der Waals surface area contributed by atoms with E-state index in [1.807, 2.05) is 19.9 Å². The number of anilines is 1. The molecule has 0 amide bonds. The van der Waals surface area contributed by atoms with E-state index in [0.29, 0.717) is 12.3 Å². The predicted octanol–water partition coefficient (Wildman–Crippen LogP) is 3.86. The maximum Gasteiger partial charge on any atom is 0.167 e. The molecule has 2 aromatic rings. The fourth-order valence-electron chi connectivity index (χ4n) is 1.50. The van der Waals surface area contributed by atoms with Gasteiger partial charge in [0.25, 0.3) is 0 Å². The van der Waals surface area contributed by atoms with E-state index in [9.17, 15) is 4.39 Å². The molecule has 0 spiro atoms. The minimum absolute atomic E-state index is 0.218. The van der Waals surface area contributed by atoms with Crippen LogP contribution < -0.4 is 10.5 Å². The van der Waals surface area contributed by atoms with Crippen molar-refractivity contribution in [1.82, 2.24) is 0 Å². The summed E-state index contributed by atoms with van der Waals surface area (Å²) < 4.78 is 24.0. The van der Waals surface area contributed by atoms with Crippen LogP contribution >= 0.6 is 11.8 Å². The van der Waals surface area contributed by atoms with E-state index in [-0.39, 0.29) is 5.75 Å². The second-order valence-corrected chi connectivity index (χ2v) is 4.78. The zero-order chi connectivity index (χ0) is 13.1. The van der Waals surface area contributed by atoms with Crippen LogP contribution in [0.25, 0.3) is 0 Å². The van der Waals surface area contributed by atoms with Gasteiger partial charge in [0, 0.05) is 16.6 Å². The van der Waals surface area contributed by atoms with Gasteiger partial charge < -0.3 is 14.9 Å². The topological polar surface area (TPSA) is 48.4 Å². The maximum atomic E-state index is 13.5. The van der Waals surface area contributed by atoms with Crippen molar-refractivity contribution >= 4 is 17.4 Å². The normalized spacial score (nSPS) is 10.6. The zero-order valence-electron chi connectivity index (χ0n) is 10.2. The number of nitrogen functional groups attached to an aromatic ring is 1. The third kappa shape index (κ3) is 2.61. The van der Waals surface area contributed by atoms with E-state index in [2.05, 4.69) is 0 Å². The van der Waals surface area contributed by atoms with E-state index in [4.69, 9.17) is 14.9 Å². The van der Waals surface area contributed by atoms with Crippen molar-refractivity contribution in [3.05, 3.63) is 36.0 Å². The number of hydrogen-bond acceptors (Lipinski definition) is 4. The summed E-state index contributed by atoms with van der Waals surface area (Å²) in [4.78, 5) is 1.71. The van der Waals surface area contributed by atoms with Crippen molar-refractivity contribution in [2.24, 2.45) is 0 Å². The van der Waals surface area contributed by atoms with Gasteiger partial charge in [-0.1, -0.05) is 11.8 Å². The van der Waals surface area contributed by atoms with E-state index < -0.39 is 5.82 Å². The average molecular weight is 267 g/mol. The lowest BCUT2D eigenvalue weighted by Crippen LogP contribution is -1.97. The molecule has 0 fully saturated rings. The third-order valence-corrected chi connectivity index (χ3v) is 3.61. The van der Waals surface area contributed by atoms with Gasteiger partial charge in [-0.3, -0.25) is 0 Å². The van der Waals surface area contributed by atoms with Crippen molar-refractivity contribution in [2.45, 2.75) is 23.6 Å². The van der Waals surface area contributed by atoms with Crippen LogP contribution in [-0.4, -0.2) is 6.61 Å². The predicted molar refractivity (Wildman–Crippen MR) is 69.5 cm³/mol. The molecule has 2 N–H and O–H groups in total. The van der Waals surface area contributed by atoms with Gasteiger partial charge in [0.1, 0.15) is 5.76 Å². The highest BCUT2D eigenvalue weighted by Crippen LogP contribution is 2.37. The Morgan fingerprint density at radius 1 is 1.39 bits per heavy atom. The molecule has 1 aromatic carbocycles. The van der Waals surface area contributed by atoms with Gasteiger partial charge in [-0.25, -0.2) is 4.39 Å². The summed E-state index contributed by atoms with van der Waals surface area (Å²) in [6, 6.07) is 4.75. The largest absolute Gasteiger partial charge is 0.491 e. The Hall–Kier alpha value is -1.62. The van der Waals surface area contributed by atoms with Crippen LogP contribution in [0.4, 0.5) is 10.1 Å². The maximum absolute atomic E-state index is 13.5. The summed E-state index contributed by atoms with van der Waals surface area (Å²) in [5, 5.41) is 0. The molecule has 0 radical (unpaired) electrons. The fraction of sp³-hybridized carbons (Fsp3) is 0.231. The molecule has 5 heteroatoms. The number of aryl methyl sites for hydroxylation is 1. The van der Waals surface area contributed by atoms with Crippen molar-refractivity contribution in [1.29, 1.82) is 0 Å². The van der Waals surface area contributed by atoms with E-state index >= 15 is 0 Å². The molecule has 2 rings (SSSR count). The molecule has 96 valence electrons. The number of benzene rings is 1. The Kier molecular flexibility index (Phi) is 3.81. The smallest absolute Gasteiger partial charge is 0.167 e. The van der Waals surface area contributed by atoms with E-state index in [0.717, 1.165) is 15.6 Å².